The van der Waals surface area contributed by atoms with Gasteiger partial charge in [0.2, 0.25) is 5.91 Å². The fraction of sp³-hybridized carbons (Fsp3) is 0.545. The van der Waals surface area contributed by atoms with Crippen molar-refractivity contribution in [2.24, 2.45) is 0 Å². The Morgan fingerprint density at radius 2 is 2.00 bits per heavy atom. The number of nitrogens with one attached hydrogen (secondary N) is 1. The van der Waals surface area contributed by atoms with Crippen LogP contribution in [0.5, 0.6) is 11.5 Å². The minimum absolute atomic E-state index is 0.0387. The Balaban J connectivity index is 1.65. The van der Waals surface area contributed by atoms with Crippen molar-refractivity contribution in [3.8, 4) is 11.5 Å². The number of aliphatic hydroxyl groups excluding tert-OH is 1. The molecule has 158 valence electrons. The first-order chi connectivity index (χ1) is 14.2. The average molecular weight is 402 g/mol. The van der Waals surface area contributed by atoms with Gasteiger partial charge in [0.15, 0.2) is 11.5 Å². The second kappa shape index (κ2) is 10.9. The number of hydrogen-bond donors (Lipinski definition) is 2. The van der Waals surface area contributed by atoms with E-state index in [1.807, 2.05) is 16.8 Å². The summed E-state index contributed by atoms with van der Waals surface area (Å²) in [5.41, 5.74) is 0.683. The highest BCUT2D eigenvalue weighted by Gasteiger charge is 2.25. The molecular formula is C22H31N3O4. The maximum Gasteiger partial charge on any atom is 0.220 e. The van der Waals surface area contributed by atoms with Crippen molar-refractivity contribution < 1.29 is 19.4 Å². The summed E-state index contributed by atoms with van der Waals surface area (Å²) in [6.45, 7) is 3.61. The molecule has 1 amide bonds. The summed E-state index contributed by atoms with van der Waals surface area (Å²) in [5, 5.41) is 14.0. The molecule has 3 rings (SSSR count). The fourth-order valence-electron chi connectivity index (χ4n) is 3.49. The third-order valence-electron chi connectivity index (χ3n) is 5.11. The molecule has 0 aliphatic carbocycles. The average Bonchev–Trinajstić information content (AvgIpc) is 3.25. The van der Waals surface area contributed by atoms with Crippen molar-refractivity contribution in [1.82, 2.24) is 14.9 Å². The van der Waals surface area contributed by atoms with Crippen LogP contribution in [0, 0.1) is 0 Å². The van der Waals surface area contributed by atoms with Gasteiger partial charge in [-0.25, -0.2) is 4.98 Å². The summed E-state index contributed by atoms with van der Waals surface area (Å²) in [5.74, 6) is 1.26. The van der Waals surface area contributed by atoms with E-state index >= 15 is 0 Å². The van der Waals surface area contributed by atoms with E-state index in [0.29, 0.717) is 43.2 Å². The molecule has 0 saturated heterocycles. The molecular weight excluding hydrogens is 370 g/mol. The normalized spacial score (nSPS) is 15.0. The molecule has 0 radical (unpaired) electrons. The van der Waals surface area contributed by atoms with Crippen molar-refractivity contribution >= 4 is 5.91 Å². The molecule has 1 unspecified atom stereocenters. The van der Waals surface area contributed by atoms with Gasteiger partial charge in [0.25, 0.3) is 0 Å². The molecule has 0 spiro atoms. The molecule has 2 atom stereocenters. The van der Waals surface area contributed by atoms with Gasteiger partial charge in [0.1, 0.15) is 19.3 Å². The lowest BCUT2D eigenvalue weighted by Crippen LogP contribution is -2.42. The van der Waals surface area contributed by atoms with Crippen LogP contribution >= 0.6 is 0 Å². The largest absolute Gasteiger partial charge is 0.486 e. The highest BCUT2D eigenvalue weighted by atomic mass is 16.6. The highest BCUT2D eigenvalue weighted by molar-refractivity contribution is 5.76. The number of amides is 1. The Bertz CT molecular complexity index is 763. The molecule has 1 aliphatic rings. The molecule has 0 bridgehead atoms. The lowest BCUT2D eigenvalue weighted by Gasteiger charge is -2.26. The van der Waals surface area contributed by atoms with Gasteiger partial charge in [-0.2, -0.15) is 0 Å². The summed E-state index contributed by atoms with van der Waals surface area (Å²) >= 11 is 0. The van der Waals surface area contributed by atoms with Crippen molar-refractivity contribution in [2.45, 2.75) is 64.1 Å². The summed E-state index contributed by atoms with van der Waals surface area (Å²) in [6.07, 6.45) is 10.2. The Hall–Kier alpha value is -2.54. The molecule has 0 saturated carbocycles. The number of carbonyl (C=O) groups is 1. The molecule has 29 heavy (non-hydrogen) atoms. The monoisotopic (exact) mass is 401 g/mol. The summed E-state index contributed by atoms with van der Waals surface area (Å²) in [7, 11) is 0. The number of hydrogen-bond acceptors (Lipinski definition) is 5. The Morgan fingerprint density at radius 1 is 1.21 bits per heavy atom. The summed E-state index contributed by atoms with van der Waals surface area (Å²) in [6, 6.07) is 4.93. The topological polar surface area (TPSA) is 85.6 Å². The third kappa shape index (κ3) is 6.22. The van der Waals surface area contributed by atoms with E-state index in [1.165, 1.54) is 12.8 Å². The van der Waals surface area contributed by atoms with E-state index in [1.54, 1.807) is 24.7 Å². The van der Waals surface area contributed by atoms with Gasteiger partial charge in [-0.1, -0.05) is 38.7 Å². The molecule has 0 fully saturated rings. The van der Waals surface area contributed by atoms with Crippen LogP contribution in [-0.4, -0.2) is 39.8 Å². The maximum absolute atomic E-state index is 12.5. The van der Waals surface area contributed by atoms with Gasteiger partial charge >= 0.3 is 0 Å². The van der Waals surface area contributed by atoms with Gasteiger partial charge < -0.3 is 24.5 Å². The Kier molecular flexibility index (Phi) is 7.93. The second-order valence-corrected chi connectivity index (χ2v) is 7.45. The van der Waals surface area contributed by atoms with Crippen molar-refractivity contribution in [1.29, 1.82) is 0 Å². The SMILES string of the molecule is CCCCCCCC(=O)N[C@H](Cn1ccnc1)C(O)c1ccc2c(c1)OCCO2. The molecule has 1 aromatic heterocycles. The Labute approximate surface area is 172 Å². The minimum atomic E-state index is -0.878. The number of aliphatic hydroxyl groups is 1. The molecule has 2 heterocycles. The first kappa shape index (κ1) is 21.2. The standard InChI is InChI=1S/C22H31N3O4/c1-2-3-4-5-6-7-21(26)24-18(15-25-11-10-23-16-25)22(27)17-8-9-19-20(14-17)29-13-12-28-19/h8-11,14,16,18,22,27H,2-7,12-13,15H2,1H3,(H,24,26)/t18-,22?/m1/s1. The number of fused-ring (bicyclic) bond motifs is 1. The molecule has 7 heteroatoms. The number of imidazole rings is 1. The van der Waals surface area contributed by atoms with Crippen LogP contribution in [0.15, 0.2) is 36.9 Å². The van der Waals surface area contributed by atoms with Gasteiger partial charge in [-0.3, -0.25) is 4.79 Å². The number of unbranched alkanes of at least 4 members (excludes halogenated alkanes) is 4. The van der Waals surface area contributed by atoms with Crippen LogP contribution in [-0.2, 0) is 11.3 Å². The lowest BCUT2D eigenvalue weighted by atomic mass is 10.0. The van der Waals surface area contributed by atoms with Crippen LogP contribution in [0.2, 0.25) is 0 Å². The predicted octanol–water partition coefficient (Wildman–Crippen LogP) is 3.23. The first-order valence-electron chi connectivity index (χ1n) is 10.5. The predicted molar refractivity (Wildman–Crippen MR) is 110 cm³/mol. The number of nitrogens with zero attached hydrogens (tertiary/aromatic N) is 2. The first-order valence-corrected chi connectivity index (χ1v) is 10.5. The zero-order chi connectivity index (χ0) is 20.5. The van der Waals surface area contributed by atoms with Crippen molar-refractivity contribution in [2.75, 3.05) is 13.2 Å². The summed E-state index contributed by atoms with van der Waals surface area (Å²) < 4.78 is 13.0. The molecule has 2 aromatic rings. The highest BCUT2D eigenvalue weighted by Crippen LogP contribution is 2.33. The van der Waals surface area contributed by atoms with E-state index in [2.05, 4.69) is 17.2 Å². The van der Waals surface area contributed by atoms with Crippen LogP contribution in [0.1, 0.15) is 57.1 Å². The zero-order valence-electron chi connectivity index (χ0n) is 17.0. The number of aromatic nitrogens is 2. The van der Waals surface area contributed by atoms with Crippen LogP contribution in [0.3, 0.4) is 0 Å². The summed E-state index contributed by atoms with van der Waals surface area (Å²) in [4.78, 5) is 16.5. The molecule has 1 aromatic carbocycles. The molecule has 7 nitrogen and oxygen atoms in total. The van der Waals surface area contributed by atoms with E-state index < -0.39 is 12.1 Å². The third-order valence-corrected chi connectivity index (χ3v) is 5.11. The Morgan fingerprint density at radius 3 is 2.76 bits per heavy atom. The van der Waals surface area contributed by atoms with E-state index in [9.17, 15) is 9.90 Å². The van der Waals surface area contributed by atoms with Crippen LogP contribution < -0.4 is 14.8 Å². The van der Waals surface area contributed by atoms with Crippen molar-refractivity contribution in [3.05, 3.63) is 42.5 Å². The van der Waals surface area contributed by atoms with E-state index in [-0.39, 0.29) is 5.91 Å². The van der Waals surface area contributed by atoms with Crippen molar-refractivity contribution in [3.63, 3.8) is 0 Å². The van der Waals surface area contributed by atoms with Gasteiger partial charge in [0.05, 0.1) is 12.4 Å². The quantitative estimate of drug-likeness (QED) is 0.565. The molecule has 1 aliphatic heterocycles. The number of rotatable bonds is 11. The minimum Gasteiger partial charge on any atom is -0.486 e. The van der Waals surface area contributed by atoms with Gasteiger partial charge in [0, 0.05) is 25.4 Å². The number of carbonyl (C=O) groups excluding carboxylic acids is 1. The van der Waals surface area contributed by atoms with Crippen LogP contribution in [0.25, 0.3) is 0 Å². The molecule has 2 N–H and O–H groups in total. The second-order valence-electron chi connectivity index (χ2n) is 7.45. The fourth-order valence-corrected chi connectivity index (χ4v) is 3.49. The van der Waals surface area contributed by atoms with Gasteiger partial charge in [-0.15, -0.1) is 0 Å². The van der Waals surface area contributed by atoms with Gasteiger partial charge in [-0.05, 0) is 24.1 Å². The van der Waals surface area contributed by atoms with Crippen LogP contribution in [0.4, 0.5) is 0 Å². The maximum atomic E-state index is 12.5. The number of ether oxygens (including phenoxy) is 2. The smallest absolute Gasteiger partial charge is 0.220 e. The van der Waals surface area contributed by atoms with E-state index in [0.717, 1.165) is 19.3 Å². The lowest BCUT2D eigenvalue weighted by molar-refractivity contribution is -0.123. The zero-order valence-corrected chi connectivity index (χ0v) is 17.0. The van der Waals surface area contributed by atoms with E-state index in [4.69, 9.17) is 9.47 Å². The number of benzene rings is 1.